The summed E-state index contributed by atoms with van der Waals surface area (Å²) in [6.07, 6.45) is 4.09. The summed E-state index contributed by atoms with van der Waals surface area (Å²) >= 11 is 0. The molecule has 0 unspecified atom stereocenters. The molecule has 0 amide bonds. The van der Waals surface area contributed by atoms with Crippen molar-refractivity contribution in [2.75, 3.05) is 0 Å². The molecule has 110 valence electrons. The van der Waals surface area contributed by atoms with Crippen molar-refractivity contribution in [3.8, 4) is 11.1 Å². The fourth-order valence-electron chi connectivity index (χ4n) is 2.91. The van der Waals surface area contributed by atoms with Gasteiger partial charge in [-0.15, -0.1) is 0 Å². The van der Waals surface area contributed by atoms with Gasteiger partial charge >= 0.3 is 0 Å². The molecular weight excluding hydrogens is 268 g/mol. The molecule has 3 N–H and O–H groups in total. The lowest BCUT2D eigenvalue weighted by Crippen LogP contribution is -2.10. The first kappa shape index (κ1) is 14.3. The number of hydrogen-bond acceptors (Lipinski definition) is 2. The first-order valence-corrected chi connectivity index (χ1v) is 7.43. The number of benzene rings is 2. The predicted molar refractivity (Wildman–Crippen MR) is 92.8 cm³/mol. The fourth-order valence-corrected chi connectivity index (χ4v) is 2.91. The van der Waals surface area contributed by atoms with Crippen LogP contribution in [0.3, 0.4) is 0 Å². The Labute approximate surface area is 131 Å². The maximum Gasteiger partial charge on any atom is 0.0708 e. The van der Waals surface area contributed by atoms with E-state index in [0.717, 1.165) is 22.3 Å². The van der Waals surface area contributed by atoms with Crippen LogP contribution in [0.5, 0.6) is 0 Å². The van der Waals surface area contributed by atoms with E-state index in [2.05, 4.69) is 38.1 Å². The maximum absolute atomic E-state index is 8.64. The van der Waals surface area contributed by atoms with E-state index in [4.69, 9.17) is 11.1 Å². The lowest BCUT2D eigenvalue weighted by atomic mass is 9.91. The van der Waals surface area contributed by atoms with Gasteiger partial charge in [0.25, 0.3) is 0 Å². The van der Waals surface area contributed by atoms with Crippen LogP contribution in [0.2, 0.25) is 0 Å². The third kappa shape index (κ3) is 2.60. The van der Waals surface area contributed by atoms with Gasteiger partial charge in [0.15, 0.2) is 0 Å². The zero-order valence-electron chi connectivity index (χ0n) is 12.9. The lowest BCUT2D eigenvalue weighted by Gasteiger charge is -2.13. The summed E-state index contributed by atoms with van der Waals surface area (Å²) in [6, 6.07) is 18.2. The average Bonchev–Trinajstić information content (AvgIpc) is 2.80. The first-order valence-electron chi connectivity index (χ1n) is 7.43. The van der Waals surface area contributed by atoms with Gasteiger partial charge in [-0.2, -0.15) is 0 Å². The van der Waals surface area contributed by atoms with E-state index in [1.54, 1.807) is 0 Å². The molecule has 1 aliphatic rings. The standard InChI is InChI=1S/C20H20N2/c1-20(2)12-17(18(21)13-20)19(22)16-11-7-6-10-15(16)14-8-4-3-5-9-14/h3-13,22H,21H2,1-2H3. The summed E-state index contributed by atoms with van der Waals surface area (Å²) in [7, 11) is 0. The van der Waals surface area contributed by atoms with Gasteiger partial charge in [0, 0.05) is 22.2 Å². The van der Waals surface area contributed by atoms with Crippen molar-refractivity contribution in [1.29, 1.82) is 5.41 Å². The Hall–Kier alpha value is -2.61. The molecule has 0 saturated carbocycles. The molecule has 0 atom stereocenters. The Morgan fingerprint density at radius 2 is 1.55 bits per heavy atom. The molecule has 3 rings (SSSR count). The monoisotopic (exact) mass is 288 g/mol. The van der Waals surface area contributed by atoms with E-state index in [1.807, 2.05) is 42.5 Å². The van der Waals surface area contributed by atoms with E-state index in [-0.39, 0.29) is 5.41 Å². The summed E-state index contributed by atoms with van der Waals surface area (Å²) in [6.45, 7) is 4.20. The minimum absolute atomic E-state index is 0.0899. The van der Waals surface area contributed by atoms with Crippen LogP contribution >= 0.6 is 0 Å². The van der Waals surface area contributed by atoms with E-state index < -0.39 is 0 Å². The molecule has 0 aliphatic heterocycles. The average molecular weight is 288 g/mol. The Morgan fingerprint density at radius 3 is 2.18 bits per heavy atom. The van der Waals surface area contributed by atoms with Crippen molar-refractivity contribution in [3.05, 3.63) is 83.6 Å². The first-order chi connectivity index (χ1) is 10.5. The highest BCUT2D eigenvalue weighted by atomic mass is 14.6. The molecule has 0 spiro atoms. The van der Waals surface area contributed by atoms with E-state index in [0.29, 0.717) is 11.4 Å². The molecule has 0 radical (unpaired) electrons. The van der Waals surface area contributed by atoms with Crippen molar-refractivity contribution in [2.45, 2.75) is 13.8 Å². The van der Waals surface area contributed by atoms with Gasteiger partial charge in [-0.1, -0.05) is 80.6 Å². The molecule has 2 heteroatoms. The molecule has 0 saturated heterocycles. The number of nitrogens with one attached hydrogen (secondary N) is 1. The number of nitrogens with two attached hydrogens (primary N) is 1. The van der Waals surface area contributed by atoms with Crippen LogP contribution in [0.15, 0.2) is 78.0 Å². The lowest BCUT2D eigenvalue weighted by molar-refractivity contribution is 0.634. The highest BCUT2D eigenvalue weighted by Crippen LogP contribution is 2.34. The molecule has 22 heavy (non-hydrogen) atoms. The molecule has 2 aromatic rings. The van der Waals surface area contributed by atoms with E-state index in [1.165, 1.54) is 0 Å². The summed E-state index contributed by atoms with van der Waals surface area (Å²) < 4.78 is 0. The summed E-state index contributed by atoms with van der Waals surface area (Å²) in [5, 5.41) is 8.64. The van der Waals surface area contributed by atoms with E-state index in [9.17, 15) is 0 Å². The number of rotatable bonds is 3. The minimum Gasteiger partial charge on any atom is -0.398 e. The van der Waals surface area contributed by atoms with Crippen LogP contribution < -0.4 is 5.73 Å². The van der Waals surface area contributed by atoms with Gasteiger partial charge in [-0.3, -0.25) is 5.41 Å². The third-order valence-electron chi connectivity index (χ3n) is 3.91. The number of hydrogen-bond donors (Lipinski definition) is 2. The highest BCUT2D eigenvalue weighted by molar-refractivity contribution is 6.17. The third-order valence-corrected chi connectivity index (χ3v) is 3.91. The SMILES string of the molecule is CC1(C)C=C(N)C(C(=N)c2ccccc2-c2ccccc2)=C1. The Balaban J connectivity index is 2.08. The topological polar surface area (TPSA) is 49.9 Å². The van der Waals surface area contributed by atoms with Crippen LogP contribution in [0.25, 0.3) is 11.1 Å². The van der Waals surface area contributed by atoms with Crippen LogP contribution in [0.1, 0.15) is 19.4 Å². The Kier molecular flexibility index (Phi) is 3.45. The van der Waals surface area contributed by atoms with Crippen molar-refractivity contribution < 1.29 is 0 Å². The van der Waals surface area contributed by atoms with Crippen LogP contribution in [0.4, 0.5) is 0 Å². The second kappa shape index (κ2) is 5.30. The van der Waals surface area contributed by atoms with Gasteiger partial charge in [-0.05, 0) is 11.1 Å². The summed E-state index contributed by atoms with van der Waals surface area (Å²) in [5.74, 6) is 0. The molecule has 0 bridgehead atoms. The minimum atomic E-state index is -0.0899. The van der Waals surface area contributed by atoms with Crippen LogP contribution in [-0.4, -0.2) is 5.71 Å². The van der Waals surface area contributed by atoms with Crippen molar-refractivity contribution >= 4 is 5.71 Å². The van der Waals surface area contributed by atoms with E-state index >= 15 is 0 Å². The molecule has 1 aliphatic carbocycles. The fraction of sp³-hybridized carbons (Fsp3) is 0.150. The zero-order chi connectivity index (χ0) is 15.7. The molecule has 2 aromatic carbocycles. The summed E-state index contributed by atoms with van der Waals surface area (Å²) in [4.78, 5) is 0. The second-order valence-corrected chi connectivity index (χ2v) is 6.27. The van der Waals surface area contributed by atoms with Crippen LogP contribution in [-0.2, 0) is 0 Å². The maximum atomic E-state index is 8.64. The quantitative estimate of drug-likeness (QED) is 0.801. The largest absolute Gasteiger partial charge is 0.398 e. The summed E-state index contributed by atoms with van der Waals surface area (Å²) in [5.41, 5.74) is 11.1. The molecule has 0 heterocycles. The predicted octanol–water partition coefficient (Wildman–Crippen LogP) is 4.53. The smallest absolute Gasteiger partial charge is 0.0708 e. The van der Waals surface area contributed by atoms with Gasteiger partial charge < -0.3 is 5.73 Å². The second-order valence-electron chi connectivity index (χ2n) is 6.27. The van der Waals surface area contributed by atoms with Crippen molar-refractivity contribution in [2.24, 2.45) is 11.1 Å². The van der Waals surface area contributed by atoms with Gasteiger partial charge in [0.1, 0.15) is 0 Å². The molecule has 0 fully saturated rings. The normalized spacial score (nSPS) is 16.1. The van der Waals surface area contributed by atoms with Gasteiger partial charge in [0.2, 0.25) is 0 Å². The molecular formula is C20H20N2. The number of allylic oxidation sites excluding steroid dienone is 3. The van der Waals surface area contributed by atoms with Crippen LogP contribution in [0, 0.1) is 10.8 Å². The van der Waals surface area contributed by atoms with Gasteiger partial charge in [-0.25, -0.2) is 0 Å². The van der Waals surface area contributed by atoms with Gasteiger partial charge in [0.05, 0.1) is 5.71 Å². The zero-order valence-corrected chi connectivity index (χ0v) is 12.9. The molecule has 0 aromatic heterocycles. The Morgan fingerprint density at radius 1 is 0.909 bits per heavy atom. The highest BCUT2D eigenvalue weighted by Gasteiger charge is 2.25. The Bertz CT molecular complexity index is 780. The molecule has 2 nitrogen and oxygen atoms in total. The van der Waals surface area contributed by atoms with Crippen molar-refractivity contribution in [3.63, 3.8) is 0 Å². The van der Waals surface area contributed by atoms with Crippen molar-refractivity contribution in [1.82, 2.24) is 0 Å².